The van der Waals surface area contributed by atoms with Gasteiger partial charge in [-0.1, -0.05) is 29.8 Å². The Kier molecular flexibility index (Phi) is 3.58. The van der Waals surface area contributed by atoms with E-state index in [4.69, 9.17) is 11.6 Å². The molecular formula is C18H19ClN3O+. The van der Waals surface area contributed by atoms with Crippen LogP contribution in [0.4, 0.5) is 5.69 Å². The molecule has 4 rings (SSSR count). The van der Waals surface area contributed by atoms with E-state index in [-0.39, 0.29) is 11.3 Å². The summed E-state index contributed by atoms with van der Waals surface area (Å²) < 4.78 is 0. The summed E-state index contributed by atoms with van der Waals surface area (Å²) in [4.78, 5) is 18.9. The van der Waals surface area contributed by atoms with Crippen LogP contribution in [-0.2, 0) is 5.41 Å². The summed E-state index contributed by atoms with van der Waals surface area (Å²) in [6, 6.07) is 11.7. The number of benzene rings is 1. The van der Waals surface area contributed by atoms with Crippen LogP contribution in [0.15, 0.2) is 42.6 Å². The summed E-state index contributed by atoms with van der Waals surface area (Å²) in [5.41, 5.74) is 3.07. The monoisotopic (exact) mass is 328 g/mol. The highest BCUT2D eigenvalue weighted by atomic mass is 35.5. The molecule has 0 radical (unpaired) electrons. The number of quaternary nitrogens is 1. The van der Waals surface area contributed by atoms with E-state index in [9.17, 15) is 4.79 Å². The van der Waals surface area contributed by atoms with Gasteiger partial charge in [0.05, 0.1) is 13.1 Å². The number of fused-ring (bicyclic) bond motifs is 2. The molecule has 2 aromatic rings. The van der Waals surface area contributed by atoms with Gasteiger partial charge in [0.25, 0.3) is 5.91 Å². The van der Waals surface area contributed by atoms with Gasteiger partial charge in [0.2, 0.25) is 0 Å². The second-order valence-corrected chi connectivity index (χ2v) is 6.81. The number of anilines is 1. The maximum Gasteiger partial charge on any atom is 0.258 e. The van der Waals surface area contributed by atoms with Gasteiger partial charge in [0.1, 0.15) is 5.15 Å². The third kappa shape index (κ3) is 2.42. The van der Waals surface area contributed by atoms with Crippen LogP contribution in [0.25, 0.3) is 0 Å². The van der Waals surface area contributed by atoms with Crippen molar-refractivity contribution < 1.29 is 10.1 Å². The maximum atomic E-state index is 13.0. The summed E-state index contributed by atoms with van der Waals surface area (Å²) in [5.74, 6) is 0.00757. The Morgan fingerprint density at radius 3 is 2.78 bits per heavy atom. The van der Waals surface area contributed by atoms with Gasteiger partial charge < -0.3 is 10.2 Å². The topological polar surface area (TPSA) is 49.8 Å². The van der Waals surface area contributed by atoms with Crippen LogP contribution in [0.1, 0.15) is 28.8 Å². The molecule has 2 N–H and O–H groups in total. The van der Waals surface area contributed by atoms with Crippen molar-refractivity contribution in [1.29, 1.82) is 0 Å². The number of pyridine rings is 1. The molecule has 3 heterocycles. The number of rotatable bonds is 1. The van der Waals surface area contributed by atoms with Crippen molar-refractivity contribution in [3.05, 3.63) is 58.9 Å². The molecule has 0 unspecified atom stereocenters. The molecule has 2 aliphatic heterocycles. The fourth-order valence-corrected chi connectivity index (χ4v) is 4.13. The zero-order valence-electron chi connectivity index (χ0n) is 12.8. The summed E-state index contributed by atoms with van der Waals surface area (Å²) in [7, 11) is 0. The lowest BCUT2D eigenvalue weighted by atomic mass is 9.75. The number of amides is 1. The molecule has 4 nitrogen and oxygen atoms in total. The Hall–Kier alpha value is -1.91. The highest BCUT2D eigenvalue weighted by Crippen LogP contribution is 2.45. The molecule has 0 aliphatic carbocycles. The van der Waals surface area contributed by atoms with Crippen molar-refractivity contribution in [2.24, 2.45) is 0 Å². The molecule has 1 spiro atoms. The minimum atomic E-state index is 0.00757. The molecule has 23 heavy (non-hydrogen) atoms. The average molecular weight is 329 g/mol. The van der Waals surface area contributed by atoms with Crippen LogP contribution in [0.3, 0.4) is 0 Å². The molecule has 0 bridgehead atoms. The summed E-state index contributed by atoms with van der Waals surface area (Å²) in [6.45, 7) is 3.01. The van der Waals surface area contributed by atoms with Gasteiger partial charge in [-0.3, -0.25) is 4.79 Å². The SMILES string of the molecule is O=C(c1ccnc(Cl)c1)N1CC2(CC[NH2+]CC2)c2ccccc21. The predicted octanol–water partition coefficient (Wildman–Crippen LogP) is 1.99. The molecule has 0 atom stereocenters. The van der Waals surface area contributed by atoms with E-state index in [0.29, 0.717) is 10.7 Å². The quantitative estimate of drug-likeness (QED) is 0.814. The van der Waals surface area contributed by atoms with Crippen molar-refractivity contribution in [2.45, 2.75) is 18.3 Å². The number of hydrogen-bond donors (Lipinski definition) is 1. The van der Waals surface area contributed by atoms with E-state index in [2.05, 4.69) is 28.5 Å². The number of nitrogens with zero attached hydrogens (tertiary/aromatic N) is 2. The van der Waals surface area contributed by atoms with Gasteiger partial charge in [0.15, 0.2) is 0 Å². The zero-order valence-corrected chi connectivity index (χ0v) is 13.6. The van der Waals surface area contributed by atoms with Crippen LogP contribution in [0.5, 0.6) is 0 Å². The van der Waals surface area contributed by atoms with Crippen LogP contribution in [0, 0.1) is 0 Å². The van der Waals surface area contributed by atoms with Crippen molar-refractivity contribution in [2.75, 3.05) is 24.5 Å². The molecule has 0 saturated carbocycles. The molecule has 5 heteroatoms. The van der Waals surface area contributed by atoms with Gasteiger partial charge in [0, 0.05) is 42.2 Å². The number of aromatic nitrogens is 1. The normalized spacial score (nSPS) is 18.9. The third-order valence-corrected chi connectivity index (χ3v) is 5.31. The van der Waals surface area contributed by atoms with Crippen molar-refractivity contribution >= 4 is 23.2 Å². The predicted molar refractivity (Wildman–Crippen MR) is 89.9 cm³/mol. The zero-order chi connectivity index (χ0) is 15.9. The number of carbonyl (C=O) groups is 1. The van der Waals surface area contributed by atoms with Crippen LogP contribution >= 0.6 is 11.6 Å². The second-order valence-electron chi connectivity index (χ2n) is 6.42. The minimum Gasteiger partial charge on any atom is -0.346 e. The highest BCUT2D eigenvalue weighted by Gasteiger charge is 2.46. The van der Waals surface area contributed by atoms with Gasteiger partial charge in [-0.2, -0.15) is 0 Å². The van der Waals surface area contributed by atoms with E-state index in [0.717, 1.165) is 38.2 Å². The van der Waals surface area contributed by atoms with Crippen molar-refractivity contribution in [3.63, 3.8) is 0 Å². The summed E-state index contributed by atoms with van der Waals surface area (Å²) in [5, 5.41) is 2.71. The molecule has 1 fully saturated rings. The van der Waals surface area contributed by atoms with E-state index < -0.39 is 0 Å². The van der Waals surface area contributed by atoms with Crippen LogP contribution < -0.4 is 10.2 Å². The molecule has 1 amide bonds. The van der Waals surface area contributed by atoms with Gasteiger partial charge in [-0.15, -0.1) is 0 Å². The maximum absolute atomic E-state index is 13.0. The van der Waals surface area contributed by atoms with Gasteiger partial charge in [-0.25, -0.2) is 4.98 Å². The molecule has 1 aromatic heterocycles. The number of halogens is 1. The Balaban J connectivity index is 1.74. The third-order valence-electron chi connectivity index (χ3n) is 5.10. The van der Waals surface area contributed by atoms with E-state index in [1.54, 1.807) is 18.3 Å². The number of piperidine rings is 1. The Bertz CT molecular complexity index is 755. The van der Waals surface area contributed by atoms with Crippen LogP contribution in [-0.4, -0.2) is 30.5 Å². The van der Waals surface area contributed by atoms with E-state index in [1.165, 1.54) is 5.56 Å². The highest BCUT2D eigenvalue weighted by molar-refractivity contribution is 6.29. The number of hydrogen-bond acceptors (Lipinski definition) is 2. The van der Waals surface area contributed by atoms with Crippen LogP contribution in [0.2, 0.25) is 5.15 Å². The van der Waals surface area contributed by atoms with E-state index in [1.807, 2.05) is 11.0 Å². The fourth-order valence-electron chi connectivity index (χ4n) is 3.96. The first kappa shape index (κ1) is 14.7. The lowest BCUT2D eigenvalue weighted by Gasteiger charge is -2.32. The largest absolute Gasteiger partial charge is 0.346 e. The number of carbonyl (C=O) groups excluding carboxylic acids is 1. The first-order valence-corrected chi connectivity index (χ1v) is 8.42. The first-order chi connectivity index (χ1) is 11.2. The lowest BCUT2D eigenvalue weighted by Crippen LogP contribution is -2.87. The van der Waals surface area contributed by atoms with Crippen molar-refractivity contribution in [1.82, 2.24) is 4.98 Å². The van der Waals surface area contributed by atoms with Gasteiger partial charge in [-0.05, 0) is 23.8 Å². The Labute approximate surface area is 140 Å². The number of para-hydroxylation sites is 1. The molecule has 1 aromatic carbocycles. The smallest absolute Gasteiger partial charge is 0.258 e. The standard InChI is InChI=1S/C18H18ClN3O/c19-16-11-13(5-8-21-16)17(23)22-12-18(6-9-20-10-7-18)14-3-1-2-4-15(14)22/h1-5,8,11,20H,6-7,9-10,12H2/p+1. The minimum absolute atomic E-state index is 0.00757. The Morgan fingerprint density at radius 2 is 2.00 bits per heavy atom. The molecule has 118 valence electrons. The lowest BCUT2D eigenvalue weighted by molar-refractivity contribution is -0.665. The summed E-state index contributed by atoms with van der Waals surface area (Å²) in [6.07, 6.45) is 3.82. The molecular weight excluding hydrogens is 310 g/mol. The molecule has 1 saturated heterocycles. The summed E-state index contributed by atoms with van der Waals surface area (Å²) >= 11 is 5.95. The molecule has 2 aliphatic rings. The first-order valence-electron chi connectivity index (χ1n) is 8.04. The second kappa shape index (κ2) is 5.62. The number of nitrogens with two attached hydrogens (primary N) is 1. The average Bonchev–Trinajstić information content (AvgIpc) is 2.90. The van der Waals surface area contributed by atoms with E-state index >= 15 is 0 Å². The van der Waals surface area contributed by atoms with Crippen molar-refractivity contribution in [3.8, 4) is 0 Å². The Morgan fingerprint density at radius 1 is 1.22 bits per heavy atom. The van der Waals surface area contributed by atoms with Gasteiger partial charge >= 0.3 is 0 Å². The fraction of sp³-hybridized carbons (Fsp3) is 0.333.